The van der Waals surface area contributed by atoms with Gasteiger partial charge >= 0.3 is 6.09 Å². The molecule has 3 heterocycles. The van der Waals surface area contributed by atoms with Gasteiger partial charge in [-0.1, -0.05) is 12.1 Å². The Balaban J connectivity index is 1.21. The van der Waals surface area contributed by atoms with Crippen LogP contribution in [0.25, 0.3) is 16.0 Å². The zero-order chi connectivity index (χ0) is 27.9. The molecule has 4 aromatic rings. The van der Waals surface area contributed by atoms with E-state index in [1.165, 1.54) is 0 Å². The first-order valence-electron chi connectivity index (χ1n) is 13.8. The Hall–Kier alpha value is -3.44. The number of sulfone groups is 1. The smallest absolute Gasteiger partial charge is 0.407 e. The highest BCUT2D eigenvalue weighted by Crippen LogP contribution is 2.43. The van der Waals surface area contributed by atoms with E-state index < -0.39 is 9.84 Å². The minimum Gasteiger partial charge on any atom is -0.447 e. The average Bonchev–Trinajstić information content (AvgIpc) is 3.54. The van der Waals surface area contributed by atoms with Crippen LogP contribution in [0.3, 0.4) is 0 Å². The lowest BCUT2D eigenvalue weighted by atomic mass is 9.86. The molecular weight excluding hydrogens is 546 g/mol. The van der Waals surface area contributed by atoms with Gasteiger partial charge in [0.25, 0.3) is 0 Å². The third kappa shape index (κ3) is 5.71. The summed E-state index contributed by atoms with van der Waals surface area (Å²) in [6.45, 7) is 3.67. The van der Waals surface area contributed by atoms with Gasteiger partial charge in [0.2, 0.25) is 0 Å². The normalized spacial score (nSPS) is 19.6. The predicted molar refractivity (Wildman–Crippen MR) is 156 cm³/mol. The van der Waals surface area contributed by atoms with Crippen LogP contribution < -0.4 is 10.6 Å². The number of fused-ring (bicyclic) bond motifs is 1. The van der Waals surface area contributed by atoms with Crippen LogP contribution in [0.2, 0.25) is 0 Å². The van der Waals surface area contributed by atoms with E-state index in [1.54, 1.807) is 28.1 Å². The summed E-state index contributed by atoms with van der Waals surface area (Å²) in [4.78, 5) is 17.9. The Kier molecular flexibility index (Phi) is 7.26. The first kappa shape index (κ1) is 26.8. The molecule has 0 saturated heterocycles. The van der Waals surface area contributed by atoms with Crippen LogP contribution in [0.5, 0.6) is 0 Å². The molecule has 0 aliphatic heterocycles. The summed E-state index contributed by atoms with van der Waals surface area (Å²) < 4.78 is 34.0. The third-order valence-corrected chi connectivity index (χ3v) is 10.9. The maximum absolute atomic E-state index is 13.5. The maximum atomic E-state index is 13.5. The van der Waals surface area contributed by atoms with Crippen molar-refractivity contribution < 1.29 is 17.9 Å². The topological polar surface area (TPSA) is 115 Å². The summed E-state index contributed by atoms with van der Waals surface area (Å²) in [5.41, 5.74) is 2.32. The van der Waals surface area contributed by atoms with Crippen molar-refractivity contribution in [1.29, 1.82) is 0 Å². The van der Waals surface area contributed by atoms with Gasteiger partial charge in [0.1, 0.15) is 0 Å². The second-order valence-corrected chi connectivity index (χ2v) is 14.1. The van der Waals surface area contributed by atoms with Crippen molar-refractivity contribution in [2.24, 2.45) is 0 Å². The molecule has 2 fully saturated rings. The summed E-state index contributed by atoms with van der Waals surface area (Å²) in [6, 6.07) is 13.4. The lowest BCUT2D eigenvalue weighted by Crippen LogP contribution is -2.38. The Morgan fingerprint density at radius 3 is 2.60 bits per heavy atom. The second kappa shape index (κ2) is 10.9. The number of carbonyl (C=O) groups excluding carboxylic acids is 1. The van der Waals surface area contributed by atoms with Crippen LogP contribution in [-0.4, -0.2) is 46.5 Å². The van der Waals surface area contributed by atoms with E-state index in [0.717, 1.165) is 41.1 Å². The minimum absolute atomic E-state index is 0.102. The van der Waals surface area contributed by atoms with Gasteiger partial charge in [0.15, 0.2) is 15.7 Å². The van der Waals surface area contributed by atoms with Crippen molar-refractivity contribution in [1.82, 2.24) is 19.9 Å². The highest BCUT2D eigenvalue weighted by molar-refractivity contribution is 7.92. The molecule has 0 bridgehead atoms. The third-order valence-electron chi connectivity index (χ3n) is 7.42. The fraction of sp³-hybridized carbons (Fsp3) is 0.414. The van der Waals surface area contributed by atoms with Crippen LogP contribution >= 0.6 is 11.3 Å². The Labute approximate surface area is 237 Å². The van der Waals surface area contributed by atoms with E-state index in [0.29, 0.717) is 34.8 Å². The molecule has 2 aliphatic carbocycles. The number of benzene rings is 1. The number of nitrogens with zero attached hydrogens (tertiary/aromatic N) is 3. The molecule has 6 rings (SSSR count). The van der Waals surface area contributed by atoms with Crippen LogP contribution in [0.4, 0.5) is 16.3 Å². The number of thiazole rings is 1. The minimum atomic E-state index is -3.47. The molecule has 2 aliphatic rings. The van der Waals surface area contributed by atoms with Crippen LogP contribution in [0.15, 0.2) is 59.8 Å². The van der Waals surface area contributed by atoms with E-state index in [-0.39, 0.29) is 29.4 Å². The van der Waals surface area contributed by atoms with E-state index in [2.05, 4.69) is 15.7 Å². The number of ether oxygens (including phenoxy) is 1. The molecule has 0 radical (unpaired) electrons. The molecule has 40 heavy (non-hydrogen) atoms. The summed E-state index contributed by atoms with van der Waals surface area (Å²) in [7, 11) is -3.47. The zero-order valence-corrected chi connectivity index (χ0v) is 24.2. The van der Waals surface area contributed by atoms with Gasteiger partial charge < -0.3 is 15.4 Å². The number of hydrogen-bond acceptors (Lipinski definition) is 8. The average molecular weight is 580 g/mol. The Morgan fingerprint density at radius 1 is 1.07 bits per heavy atom. The molecule has 2 saturated carbocycles. The van der Waals surface area contributed by atoms with Gasteiger partial charge in [-0.25, -0.2) is 22.7 Å². The number of aromatic nitrogens is 3. The molecule has 210 valence electrons. The first-order chi connectivity index (χ1) is 19.3. The molecule has 11 heteroatoms. The fourth-order valence-corrected chi connectivity index (χ4v) is 8.33. The van der Waals surface area contributed by atoms with Crippen molar-refractivity contribution in [3.8, 4) is 10.4 Å². The summed E-state index contributed by atoms with van der Waals surface area (Å²) in [6.07, 6.45) is 8.11. The molecule has 3 aromatic heterocycles. The molecule has 0 atom stereocenters. The van der Waals surface area contributed by atoms with Crippen molar-refractivity contribution >= 4 is 44.3 Å². The molecule has 0 spiro atoms. The number of alkyl carbamates (subject to hydrolysis) is 1. The fourth-order valence-electron chi connectivity index (χ4n) is 5.24. The number of nitrogens with one attached hydrogen (secondary N) is 2. The monoisotopic (exact) mass is 579 g/mol. The number of anilines is 2. The van der Waals surface area contributed by atoms with Gasteiger partial charge in [-0.15, -0.1) is 11.3 Å². The number of pyridine rings is 1. The highest BCUT2D eigenvalue weighted by atomic mass is 32.2. The Morgan fingerprint density at radius 2 is 1.88 bits per heavy atom. The van der Waals surface area contributed by atoms with Crippen molar-refractivity contribution in [3.63, 3.8) is 0 Å². The molecule has 1 amide bonds. The zero-order valence-electron chi connectivity index (χ0n) is 22.5. The van der Waals surface area contributed by atoms with E-state index in [9.17, 15) is 13.2 Å². The SMILES string of the molecule is CC(C)OC(=O)NC1CCC(c2ncc(-c3ccc(Nc4cc5ccccn5n4)cc3S(=O)(=O)C3CC3)s2)CC1. The van der Waals surface area contributed by atoms with E-state index >= 15 is 0 Å². The summed E-state index contributed by atoms with van der Waals surface area (Å²) in [5.74, 6) is 0.939. The van der Waals surface area contributed by atoms with Crippen LogP contribution in [-0.2, 0) is 14.6 Å². The second-order valence-electron chi connectivity index (χ2n) is 10.9. The van der Waals surface area contributed by atoms with Gasteiger partial charge in [-0.2, -0.15) is 5.10 Å². The largest absolute Gasteiger partial charge is 0.447 e. The van der Waals surface area contributed by atoms with Gasteiger partial charge in [-0.3, -0.25) is 0 Å². The van der Waals surface area contributed by atoms with E-state index in [4.69, 9.17) is 9.72 Å². The van der Waals surface area contributed by atoms with Crippen LogP contribution in [0.1, 0.15) is 63.3 Å². The summed E-state index contributed by atoms with van der Waals surface area (Å²) in [5, 5.41) is 11.5. The van der Waals surface area contributed by atoms with Gasteiger partial charge in [0, 0.05) is 41.7 Å². The van der Waals surface area contributed by atoms with Crippen LogP contribution in [0, 0.1) is 0 Å². The Bertz CT molecular complexity index is 1600. The predicted octanol–water partition coefficient (Wildman–Crippen LogP) is 6.30. The van der Waals surface area contributed by atoms with Crippen molar-refractivity contribution in [3.05, 3.63) is 59.9 Å². The van der Waals surface area contributed by atoms with Gasteiger partial charge in [-0.05, 0) is 76.6 Å². The van der Waals surface area contributed by atoms with Crippen molar-refractivity contribution in [2.45, 2.75) is 80.6 Å². The van der Waals surface area contributed by atoms with Gasteiger partial charge in [0.05, 0.1) is 31.7 Å². The number of hydrogen-bond donors (Lipinski definition) is 2. The molecule has 9 nitrogen and oxygen atoms in total. The van der Waals surface area contributed by atoms with E-state index in [1.807, 2.05) is 56.4 Å². The maximum Gasteiger partial charge on any atom is 0.407 e. The lowest BCUT2D eigenvalue weighted by Gasteiger charge is -2.28. The molecular formula is C29H33N5O4S2. The molecule has 0 unspecified atom stereocenters. The standard InChI is InChI=1S/C29H33N5O4S2/c1-18(2)38-29(35)32-20-8-6-19(7-9-20)28-30-17-25(39-28)24-13-10-21(15-26(24)40(36,37)23-11-12-23)31-27-16-22-5-3-4-14-34(22)33-27/h3-5,10,13-20,23H,6-9,11-12H2,1-2H3,(H,31,33)(H,32,35). The number of carbonyl (C=O) groups is 1. The molecule has 2 N–H and O–H groups in total. The highest BCUT2D eigenvalue weighted by Gasteiger charge is 2.39. The first-order valence-corrected chi connectivity index (χ1v) is 16.1. The number of amides is 1. The quantitative estimate of drug-likeness (QED) is 0.252. The van der Waals surface area contributed by atoms with Crippen molar-refractivity contribution in [2.75, 3.05) is 5.32 Å². The molecule has 1 aromatic carbocycles. The summed E-state index contributed by atoms with van der Waals surface area (Å²) >= 11 is 1.57. The number of rotatable bonds is 8. The lowest BCUT2D eigenvalue weighted by molar-refractivity contribution is 0.109.